The Morgan fingerprint density at radius 2 is 1.93 bits per heavy atom. The van der Waals surface area contributed by atoms with Gasteiger partial charge in [-0.1, -0.05) is 18.2 Å². The Morgan fingerprint density at radius 3 is 2.75 bits per heavy atom. The Morgan fingerprint density at radius 1 is 1.11 bits per heavy atom. The van der Waals surface area contributed by atoms with E-state index in [2.05, 4.69) is 15.0 Å². The zero-order valence-electron chi connectivity index (χ0n) is 14.9. The maximum Gasteiger partial charge on any atom is 0.276 e. The van der Waals surface area contributed by atoms with Gasteiger partial charge in [0.15, 0.2) is 11.5 Å². The molecule has 138 valence electrons. The maximum atomic E-state index is 13.3. The van der Waals surface area contributed by atoms with Crippen molar-refractivity contribution >= 4 is 38.5 Å². The topological polar surface area (TPSA) is 105 Å². The molecule has 0 spiro atoms. The van der Waals surface area contributed by atoms with Crippen LogP contribution in [0, 0.1) is 0 Å². The molecule has 9 heteroatoms. The molecule has 0 unspecified atom stereocenters. The van der Waals surface area contributed by atoms with Crippen molar-refractivity contribution in [2.75, 3.05) is 5.73 Å². The number of hydrogen-bond acceptors (Lipinski definition) is 7. The van der Waals surface area contributed by atoms with Crippen molar-refractivity contribution in [3.8, 4) is 5.69 Å². The smallest absolute Gasteiger partial charge is 0.276 e. The minimum Gasteiger partial charge on any atom is -0.382 e. The molecule has 28 heavy (non-hydrogen) atoms. The summed E-state index contributed by atoms with van der Waals surface area (Å²) >= 11 is 1.39. The molecule has 1 atom stereocenters. The third kappa shape index (κ3) is 2.40. The highest BCUT2D eigenvalue weighted by atomic mass is 32.1. The molecule has 0 aliphatic heterocycles. The zero-order valence-corrected chi connectivity index (χ0v) is 15.7. The van der Waals surface area contributed by atoms with Gasteiger partial charge in [-0.05, 0) is 30.5 Å². The fourth-order valence-corrected chi connectivity index (χ4v) is 4.07. The van der Waals surface area contributed by atoms with Gasteiger partial charge in [-0.15, -0.1) is 11.3 Å². The number of nitrogens with zero attached hydrogens (tertiary/aromatic N) is 6. The summed E-state index contributed by atoms with van der Waals surface area (Å²) in [6.45, 7) is 1.96. The Labute approximate surface area is 163 Å². The maximum absolute atomic E-state index is 13.3. The van der Waals surface area contributed by atoms with Crippen LogP contribution in [0.25, 0.3) is 27.1 Å². The molecule has 5 aromatic rings. The normalized spacial score (nSPS) is 12.6. The first-order valence-corrected chi connectivity index (χ1v) is 9.51. The third-order valence-corrected chi connectivity index (χ3v) is 5.59. The lowest BCUT2D eigenvalue weighted by Crippen LogP contribution is -2.26. The minimum absolute atomic E-state index is 0.0911. The van der Waals surface area contributed by atoms with E-state index in [1.165, 1.54) is 17.7 Å². The van der Waals surface area contributed by atoms with Gasteiger partial charge in [0, 0.05) is 0 Å². The van der Waals surface area contributed by atoms with E-state index in [9.17, 15) is 4.79 Å². The van der Waals surface area contributed by atoms with Crippen molar-refractivity contribution in [1.29, 1.82) is 0 Å². The molecule has 0 aliphatic carbocycles. The molecule has 0 radical (unpaired) electrons. The molecule has 5 rings (SSSR count). The quantitative estimate of drug-likeness (QED) is 0.509. The first kappa shape index (κ1) is 16.6. The Balaban J connectivity index is 1.80. The zero-order chi connectivity index (χ0) is 19.3. The van der Waals surface area contributed by atoms with Crippen molar-refractivity contribution in [3.05, 3.63) is 70.6 Å². The van der Waals surface area contributed by atoms with Gasteiger partial charge in [0.25, 0.3) is 5.56 Å². The number of anilines is 1. The van der Waals surface area contributed by atoms with Crippen LogP contribution in [0.15, 0.2) is 59.2 Å². The van der Waals surface area contributed by atoms with E-state index >= 15 is 0 Å². The molecule has 0 amide bonds. The van der Waals surface area contributed by atoms with Crippen LogP contribution in [0.1, 0.15) is 18.8 Å². The largest absolute Gasteiger partial charge is 0.382 e. The number of thiophene rings is 1. The summed E-state index contributed by atoms with van der Waals surface area (Å²) in [6.07, 6.45) is 3.06. The van der Waals surface area contributed by atoms with E-state index < -0.39 is 0 Å². The highest BCUT2D eigenvalue weighted by Gasteiger charge is 2.22. The van der Waals surface area contributed by atoms with Crippen LogP contribution in [-0.4, -0.2) is 29.1 Å². The van der Waals surface area contributed by atoms with Crippen LogP contribution in [0.4, 0.5) is 5.82 Å². The number of hydrogen-bond donors (Lipinski definition) is 1. The first-order chi connectivity index (χ1) is 13.6. The average molecular weight is 389 g/mol. The van der Waals surface area contributed by atoms with Crippen LogP contribution in [0.2, 0.25) is 0 Å². The molecular formula is C19H15N7OS. The van der Waals surface area contributed by atoms with Crippen LogP contribution in [0.5, 0.6) is 0 Å². The average Bonchev–Trinajstić information content (AvgIpc) is 3.36. The number of rotatable bonds is 3. The van der Waals surface area contributed by atoms with Crippen molar-refractivity contribution in [3.63, 3.8) is 0 Å². The second kappa shape index (κ2) is 6.24. The third-order valence-electron chi connectivity index (χ3n) is 4.70. The minimum atomic E-state index is -0.309. The van der Waals surface area contributed by atoms with Crippen LogP contribution in [0.3, 0.4) is 0 Å². The number of para-hydroxylation sites is 1. The van der Waals surface area contributed by atoms with Gasteiger partial charge < -0.3 is 10.3 Å². The van der Waals surface area contributed by atoms with Gasteiger partial charge in [-0.25, -0.2) is 19.9 Å². The summed E-state index contributed by atoms with van der Waals surface area (Å²) < 4.78 is 4.13. The van der Waals surface area contributed by atoms with E-state index in [4.69, 9.17) is 10.7 Å². The molecule has 1 aromatic carbocycles. The van der Waals surface area contributed by atoms with Gasteiger partial charge in [-0.2, -0.15) is 0 Å². The summed E-state index contributed by atoms with van der Waals surface area (Å²) in [5, 5.41) is 1.88. The molecule has 0 fully saturated rings. The molecule has 0 aliphatic rings. The Kier molecular flexibility index (Phi) is 3.69. The molecule has 0 saturated carbocycles. The lowest BCUT2D eigenvalue weighted by molar-refractivity contribution is 0.590. The lowest BCUT2D eigenvalue weighted by Gasteiger charge is -2.19. The van der Waals surface area contributed by atoms with E-state index in [-0.39, 0.29) is 11.6 Å². The van der Waals surface area contributed by atoms with Gasteiger partial charge in [0.2, 0.25) is 0 Å². The summed E-state index contributed by atoms with van der Waals surface area (Å²) in [5.41, 5.74) is 8.39. The summed E-state index contributed by atoms with van der Waals surface area (Å²) in [5.74, 6) is 0.913. The van der Waals surface area contributed by atoms with E-state index in [1.54, 1.807) is 10.9 Å². The molecule has 2 N–H and O–H groups in total. The van der Waals surface area contributed by atoms with E-state index in [1.807, 2.05) is 53.3 Å². The SMILES string of the molecule is C[C@@H](c1nc2ccsc2c(=O)n1-c1ccccc1)n1cnc2c(N)ncnc21. The predicted molar refractivity (Wildman–Crippen MR) is 109 cm³/mol. The molecule has 0 saturated heterocycles. The van der Waals surface area contributed by atoms with Crippen molar-refractivity contribution in [2.24, 2.45) is 0 Å². The lowest BCUT2D eigenvalue weighted by atomic mass is 10.2. The van der Waals surface area contributed by atoms with Gasteiger partial charge >= 0.3 is 0 Å². The number of benzene rings is 1. The highest BCUT2D eigenvalue weighted by molar-refractivity contribution is 7.17. The summed E-state index contributed by atoms with van der Waals surface area (Å²) in [6, 6.07) is 11.0. The Bertz CT molecular complexity index is 1370. The molecule has 0 bridgehead atoms. The summed E-state index contributed by atoms with van der Waals surface area (Å²) in [7, 11) is 0. The highest BCUT2D eigenvalue weighted by Crippen LogP contribution is 2.26. The van der Waals surface area contributed by atoms with Crippen molar-refractivity contribution in [2.45, 2.75) is 13.0 Å². The number of nitrogen functional groups attached to an aromatic ring is 1. The molecule has 8 nitrogen and oxygen atoms in total. The van der Waals surface area contributed by atoms with Crippen LogP contribution in [-0.2, 0) is 0 Å². The van der Waals surface area contributed by atoms with E-state index in [0.717, 1.165) is 5.69 Å². The number of nitrogens with two attached hydrogens (primary N) is 1. The standard InChI is InChI=1S/C19H15N7OS/c1-11(25-10-23-14-16(20)21-9-22-18(14)25)17-24-13-7-8-28-15(13)19(27)26(17)12-5-3-2-4-6-12/h2-11H,1H3,(H2,20,21,22)/t11-/m0/s1. The number of fused-ring (bicyclic) bond motifs is 2. The number of aromatic nitrogens is 6. The molecule has 4 heterocycles. The Hall–Kier alpha value is -3.59. The first-order valence-electron chi connectivity index (χ1n) is 8.63. The molecule has 4 aromatic heterocycles. The van der Waals surface area contributed by atoms with Crippen LogP contribution >= 0.6 is 11.3 Å². The van der Waals surface area contributed by atoms with Gasteiger partial charge in [0.05, 0.1) is 23.6 Å². The fourth-order valence-electron chi connectivity index (χ4n) is 3.31. The van der Waals surface area contributed by atoms with E-state index in [0.29, 0.717) is 33.0 Å². The number of imidazole rings is 1. The van der Waals surface area contributed by atoms with Crippen LogP contribution < -0.4 is 11.3 Å². The second-order valence-corrected chi connectivity index (χ2v) is 7.26. The van der Waals surface area contributed by atoms with Gasteiger partial charge in [0.1, 0.15) is 22.4 Å². The fraction of sp³-hybridized carbons (Fsp3) is 0.105. The van der Waals surface area contributed by atoms with Gasteiger partial charge in [-0.3, -0.25) is 9.36 Å². The molecular weight excluding hydrogens is 374 g/mol. The monoisotopic (exact) mass is 389 g/mol. The summed E-state index contributed by atoms with van der Waals surface area (Å²) in [4.78, 5) is 30.7. The van der Waals surface area contributed by atoms with Crippen molar-refractivity contribution < 1.29 is 0 Å². The van der Waals surface area contributed by atoms with Crippen molar-refractivity contribution in [1.82, 2.24) is 29.1 Å². The predicted octanol–water partition coefficient (Wildman–Crippen LogP) is 2.78. The second-order valence-electron chi connectivity index (χ2n) is 6.34.